The van der Waals surface area contributed by atoms with Crippen LogP contribution in [-0.2, 0) is 27.8 Å². The number of nitrogens with zero attached hydrogens (tertiary/aromatic N) is 2. The fourth-order valence-corrected chi connectivity index (χ4v) is 5.45. The van der Waals surface area contributed by atoms with Crippen LogP contribution < -0.4 is 14.2 Å². The molecular weight excluding hydrogens is 560 g/mol. The number of amides is 1. The molecule has 0 fully saturated rings. The lowest BCUT2D eigenvalue weighted by Gasteiger charge is -2.25. The van der Waals surface area contributed by atoms with Gasteiger partial charge in [-0.3, -0.25) is 4.79 Å². The molecular formula is C27H31BrN2O6S. The molecule has 0 bridgehead atoms. The number of carbonyl (C=O) groups is 1. The first-order chi connectivity index (χ1) is 17.7. The van der Waals surface area contributed by atoms with Gasteiger partial charge in [-0.25, -0.2) is 8.42 Å². The highest BCUT2D eigenvalue weighted by molar-refractivity contribution is 9.10. The minimum absolute atomic E-state index is 0.129. The zero-order chi connectivity index (χ0) is 27.0. The molecule has 0 aliphatic heterocycles. The summed E-state index contributed by atoms with van der Waals surface area (Å²) in [5.74, 6) is 1.05. The predicted octanol–water partition coefficient (Wildman–Crippen LogP) is 4.37. The van der Waals surface area contributed by atoms with E-state index in [2.05, 4.69) is 15.9 Å². The lowest BCUT2D eigenvalue weighted by atomic mass is 10.1. The smallest absolute Gasteiger partial charge is 0.243 e. The number of hydrogen-bond acceptors (Lipinski definition) is 6. The Hall–Kier alpha value is -3.08. The Labute approximate surface area is 226 Å². The predicted molar refractivity (Wildman–Crippen MR) is 146 cm³/mol. The number of hydrogen-bond donors (Lipinski definition) is 0. The van der Waals surface area contributed by atoms with E-state index in [-0.39, 0.29) is 30.4 Å². The van der Waals surface area contributed by atoms with Crippen molar-refractivity contribution in [1.29, 1.82) is 0 Å². The van der Waals surface area contributed by atoms with E-state index in [0.29, 0.717) is 23.7 Å². The topological polar surface area (TPSA) is 85.4 Å². The summed E-state index contributed by atoms with van der Waals surface area (Å²) in [5.41, 5.74) is 1.73. The van der Waals surface area contributed by atoms with Crippen molar-refractivity contribution in [3.05, 3.63) is 82.3 Å². The van der Waals surface area contributed by atoms with Gasteiger partial charge in [-0.05, 0) is 53.9 Å². The molecule has 198 valence electrons. The third kappa shape index (κ3) is 7.24. The molecule has 0 unspecified atom stereocenters. The second-order valence-electron chi connectivity index (χ2n) is 8.31. The number of halogens is 1. The van der Waals surface area contributed by atoms with Crippen molar-refractivity contribution in [1.82, 2.24) is 9.21 Å². The van der Waals surface area contributed by atoms with Crippen molar-refractivity contribution < 1.29 is 27.4 Å². The van der Waals surface area contributed by atoms with Crippen LogP contribution in [0.2, 0.25) is 0 Å². The molecule has 0 heterocycles. The molecule has 1 amide bonds. The number of rotatable bonds is 12. The van der Waals surface area contributed by atoms with Crippen LogP contribution in [0.1, 0.15) is 11.1 Å². The summed E-state index contributed by atoms with van der Waals surface area (Å²) in [6.45, 7) is 0.0821. The van der Waals surface area contributed by atoms with E-state index in [4.69, 9.17) is 14.2 Å². The first kappa shape index (κ1) is 28.5. The third-order valence-corrected chi connectivity index (χ3v) is 8.21. The highest BCUT2D eigenvalue weighted by Crippen LogP contribution is 2.38. The second kappa shape index (κ2) is 12.9. The SMILES string of the molecule is COc1cc(CN(C)C(=O)CN(CCc2ccccc2)S(=O)(=O)c2ccc(Br)cc2)cc(OC)c1OC. The van der Waals surface area contributed by atoms with Gasteiger partial charge in [-0.15, -0.1) is 0 Å². The normalized spacial score (nSPS) is 11.3. The first-order valence-electron chi connectivity index (χ1n) is 11.5. The highest BCUT2D eigenvalue weighted by Gasteiger charge is 2.28. The summed E-state index contributed by atoms with van der Waals surface area (Å²) in [6, 6.07) is 19.5. The quantitative estimate of drug-likeness (QED) is 0.311. The van der Waals surface area contributed by atoms with Crippen molar-refractivity contribution in [2.24, 2.45) is 0 Å². The number of carbonyl (C=O) groups excluding carboxylic acids is 1. The molecule has 0 N–H and O–H groups in total. The maximum atomic E-state index is 13.5. The standard InChI is InChI=1S/C27H31BrN2O6S/c1-29(18-21-16-24(34-2)27(36-4)25(17-21)35-3)26(31)19-30(15-14-20-8-6-5-7-9-20)37(32,33)23-12-10-22(28)11-13-23/h5-13,16-17H,14-15,18-19H2,1-4H3. The molecule has 0 radical (unpaired) electrons. The molecule has 3 aromatic rings. The molecule has 0 aliphatic carbocycles. The first-order valence-corrected chi connectivity index (χ1v) is 13.8. The maximum Gasteiger partial charge on any atom is 0.243 e. The highest BCUT2D eigenvalue weighted by atomic mass is 79.9. The van der Waals surface area contributed by atoms with E-state index in [1.807, 2.05) is 30.3 Å². The van der Waals surface area contributed by atoms with Gasteiger partial charge in [0.25, 0.3) is 0 Å². The Bertz CT molecular complexity index is 1280. The van der Waals surface area contributed by atoms with Crippen molar-refractivity contribution in [3.63, 3.8) is 0 Å². The summed E-state index contributed by atoms with van der Waals surface area (Å²) in [6.07, 6.45) is 0.473. The van der Waals surface area contributed by atoms with E-state index in [9.17, 15) is 13.2 Å². The van der Waals surface area contributed by atoms with Gasteiger partial charge in [0.2, 0.25) is 21.7 Å². The van der Waals surface area contributed by atoms with Crippen LogP contribution >= 0.6 is 15.9 Å². The molecule has 0 spiro atoms. The summed E-state index contributed by atoms with van der Waals surface area (Å²) < 4.78 is 45.2. The number of benzene rings is 3. The summed E-state index contributed by atoms with van der Waals surface area (Å²) >= 11 is 3.34. The molecule has 0 atom stereocenters. The fourth-order valence-electron chi connectivity index (χ4n) is 3.80. The minimum atomic E-state index is -3.91. The van der Waals surface area contributed by atoms with E-state index in [1.54, 1.807) is 31.3 Å². The number of likely N-dealkylation sites (N-methyl/N-ethyl adjacent to an activating group) is 1. The number of methoxy groups -OCH3 is 3. The van der Waals surface area contributed by atoms with Crippen molar-refractivity contribution >= 4 is 31.9 Å². The average molecular weight is 592 g/mol. The van der Waals surface area contributed by atoms with Crippen molar-refractivity contribution in [2.45, 2.75) is 17.9 Å². The zero-order valence-electron chi connectivity index (χ0n) is 21.3. The van der Waals surface area contributed by atoms with Gasteiger partial charge in [0.05, 0.1) is 32.8 Å². The van der Waals surface area contributed by atoms with Crippen molar-refractivity contribution in [3.8, 4) is 17.2 Å². The zero-order valence-corrected chi connectivity index (χ0v) is 23.7. The second-order valence-corrected chi connectivity index (χ2v) is 11.2. The van der Waals surface area contributed by atoms with Gasteiger partial charge in [0.1, 0.15) is 0 Å². The van der Waals surface area contributed by atoms with Gasteiger partial charge in [0, 0.05) is 24.6 Å². The fraction of sp³-hybridized carbons (Fsp3) is 0.296. The van der Waals surface area contributed by atoms with Crippen molar-refractivity contribution in [2.75, 3.05) is 41.5 Å². The van der Waals surface area contributed by atoms with Crippen LogP contribution in [0.15, 0.2) is 76.1 Å². The summed E-state index contributed by atoms with van der Waals surface area (Å²) in [7, 11) is 2.28. The largest absolute Gasteiger partial charge is 0.493 e. The van der Waals surface area contributed by atoms with E-state index >= 15 is 0 Å². The molecule has 8 nitrogen and oxygen atoms in total. The molecule has 3 rings (SSSR count). The van der Waals surface area contributed by atoms with E-state index < -0.39 is 10.0 Å². The summed E-state index contributed by atoms with van der Waals surface area (Å²) in [5, 5.41) is 0. The van der Waals surface area contributed by atoms with Gasteiger partial charge >= 0.3 is 0 Å². The lowest BCUT2D eigenvalue weighted by Crippen LogP contribution is -2.42. The monoisotopic (exact) mass is 590 g/mol. The van der Waals surface area contributed by atoms with Crippen LogP contribution in [-0.4, -0.2) is 65.0 Å². The molecule has 3 aromatic carbocycles. The maximum absolute atomic E-state index is 13.5. The lowest BCUT2D eigenvalue weighted by molar-refractivity contribution is -0.130. The molecule has 10 heteroatoms. The van der Waals surface area contributed by atoms with Gasteiger partial charge in [0.15, 0.2) is 11.5 Å². The Morgan fingerprint density at radius 3 is 2.00 bits per heavy atom. The Morgan fingerprint density at radius 1 is 0.865 bits per heavy atom. The van der Waals surface area contributed by atoms with E-state index in [0.717, 1.165) is 15.6 Å². The molecule has 0 saturated heterocycles. The van der Waals surface area contributed by atoms with Crippen LogP contribution in [0.25, 0.3) is 0 Å². The van der Waals surface area contributed by atoms with Crippen LogP contribution in [0.3, 0.4) is 0 Å². The Morgan fingerprint density at radius 2 is 1.46 bits per heavy atom. The minimum Gasteiger partial charge on any atom is -0.493 e. The van der Waals surface area contributed by atoms with Crippen LogP contribution in [0.4, 0.5) is 0 Å². The van der Waals surface area contributed by atoms with Gasteiger partial charge in [-0.2, -0.15) is 4.31 Å². The van der Waals surface area contributed by atoms with Gasteiger partial charge < -0.3 is 19.1 Å². The van der Waals surface area contributed by atoms with Crippen LogP contribution in [0.5, 0.6) is 17.2 Å². The molecule has 0 aromatic heterocycles. The average Bonchev–Trinajstić information content (AvgIpc) is 2.90. The Kier molecular flexibility index (Phi) is 9.96. The third-order valence-electron chi connectivity index (χ3n) is 5.83. The van der Waals surface area contributed by atoms with E-state index in [1.165, 1.54) is 42.7 Å². The van der Waals surface area contributed by atoms with Crippen LogP contribution in [0, 0.1) is 0 Å². The molecule has 0 aliphatic rings. The molecule has 0 saturated carbocycles. The number of ether oxygens (including phenoxy) is 3. The summed E-state index contributed by atoms with van der Waals surface area (Å²) in [4.78, 5) is 14.9. The Balaban J connectivity index is 1.82. The number of sulfonamides is 1. The molecule has 37 heavy (non-hydrogen) atoms. The van der Waals surface area contributed by atoms with Gasteiger partial charge in [-0.1, -0.05) is 46.3 Å².